The van der Waals surface area contributed by atoms with Crippen LogP contribution in [-0.4, -0.2) is 4.98 Å². The molecule has 6 rings (SSSR count). The quantitative estimate of drug-likeness (QED) is 0.222. The molecule has 5 heteroatoms. The summed E-state index contributed by atoms with van der Waals surface area (Å²) >= 11 is 0. The lowest BCUT2D eigenvalue weighted by atomic mass is 10.2. The van der Waals surface area contributed by atoms with Crippen LogP contribution in [0.1, 0.15) is 0 Å². The summed E-state index contributed by atoms with van der Waals surface area (Å²) in [7, 11) is -2.45. The van der Waals surface area contributed by atoms with Gasteiger partial charge in [-0.25, -0.2) is 0 Å². The first-order valence-corrected chi connectivity index (χ1v) is 14.1. The molecule has 38 heavy (non-hydrogen) atoms. The molecule has 0 atom stereocenters. The summed E-state index contributed by atoms with van der Waals surface area (Å²) in [4.78, 5) is 5.30. The largest absolute Gasteiger partial charge is 0.416 e. The van der Waals surface area contributed by atoms with Crippen molar-refractivity contribution in [2.75, 3.05) is 5.32 Å². The minimum absolute atomic E-state index is 0. The zero-order valence-corrected chi connectivity index (χ0v) is 22.4. The van der Waals surface area contributed by atoms with E-state index in [4.69, 9.17) is 9.40 Å². The van der Waals surface area contributed by atoms with Crippen molar-refractivity contribution >= 4 is 52.6 Å². The first-order chi connectivity index (χ1) is 18.4. The summed E-state index contributed by atoms with van der Waals surface area (Å²) in [5, 5.41) is 7.23. The van der Waals surface area contributed by atoms with Crippen molar-refractivity contribution in [1.82, 2.24) is 4.98 Å². The minimum atomic E-state index is -2.45. The molecule has 0 amide bonds. The van der Waals surface area contributed by atoms with Crippen LogP contribution in [0.25, 0.3) is 11.5 Å². The highest BCUT2D eigenvalue weighted by atomic mass is 35.5. The van der Waals surface area contributed by atoms with Gasteiger partial charge in [0.15, 0.2) is 7.26 Å². The fraction of sp³-hybridized carbons (Fsp3) is 0. The van der Waals surface area contributed by atoms with Crippen LogP contribution in [0.5, 0.6) is 0 Å². The molecule has 1 N–H and O–H groups in total. The van der Waals surface area contributed by atoms with Crippen molar-refractivity contribution in [2.45, 2.75) is 0 Å². The summed E-state index contributed by atoms with van der Waals surface area (Å²) in [5.74, 6) is 1.26. The van der Waals surface area contributed by atoms with Gasteiger partial charge in [-0.3, -0.25) is 0 Å². The second-order valence-corrected chi connectivity index (χ2v) is 12.0. The molecule has 5 aromatic carbocycles. The molecule has 0 aliphatic rings. The predicted octanol–water partition coefficient (Wildman–Crippen LogP) is 7.13. The highest BCUT2D eigenvalue weighted by Crippen LogP contribution is 2.56. The van der Waals surface area contributed by atoms with Crippen LogP contribution in [0.2, 0.25) is 0 Å². The molecule has 0 radical (unpaired) electrons. The molecule has 0 unspecified atom stereocenters. The average Bonchev–Trinajstić information content (AvgIpc) is 3.40. The highest BCUT2D eigenvalue weighted by Gasteiger charge is 2.53. The third kappa shape index (κ3) is 4.75. The molecule has 6 aromatic rings. The van der Waals surface area contributed by atoms with Crippen molar-refractivity contribution in [2.24, 2.45) is 0 Å². The van der Waals surface area contributed by atoms with Crippen LogP contribution in [0, 0.1) is 0 Å². The van der Waals surface area contributed by atoms with Gasteiger partial charge in [0.2, 0.25) is 5.89 Å². The van der Waals surface area contributed by atoms with Gasteiger partial charge in [0.1, 0.15) is 15.9 Å². The van der Waals surface area contributed by atoms with Gasteiger partial charge in [0.05, 0.1) is 0 Å². The smallest absolute Gasteiger partial charge is 0.263 e. The van der Waals surface area contributed by atoms with E-state index in [-0.39, 0.29) is 12.4 Å². The van der Waals surface area contributed by atoms with E-state index in [9.17, 15) is 0 Å². The molecule has 0 bridgehead atoms. The van der Waals surface area contributed by atoms with Gasteiger partial charge in [-0.15, -0.1) is 12.4 Å². The van der Waals surface area contributed by atoms with Crippen LogP contribution in [0.15, 0.2) is 156 Å². The van der Waals surface area contributed by atoms with Crippen LogP contribution in [0.3, 0.4) is 0 Å². The van der Waals surface area contributed by atoms with Gasteiger partial charge in [-0.2, -0.15) is 4.98 Å². The summed E-state index contributed by atoms with van der Waals surface area (Å²) in [6.07, 6.45) is 0. The molecule has 1 aromatic heterocycles. The van der Waals surface area contributed by atoms with Gasteiger partial charge in [-0.05, 0) is 60.7 Å². The Morgan fingerprint density at radius 1 is 0.500 bits per heavy atom. The Balaban J connectivity index is 0.00000294. The van der Waals surface area contributed by atoms with Gasteiger partial charge < -0.3 is 9.73 Å². The Morgan fingerprint density at radius 2 is 0.895 bits per heavy atom. The molecular weight excluding hydrogens is 507 g/mol. The molecule has 0 spiro atoms. The van der Waals surface area contributed by atoms with Crippen LogP contribution in [-0.2, 0) is 0 Å². The van der Waals surface area contributed by atoms with E-state index in [2.05, 4.69) is 96.3 Å². The SMILES string of the molecule is Cl.c1ccc(Nc2oc(-c3ccccc3)nc2[P+](c2ccccc2)(c2ccccc2)c2ccccc2)cc1. The van der Waals surface area contributed by atoms with Crippen molar-refractivity contribution in [3.05, 3.63) is 152 Å². The van der Waals surface area contributed by atoms with Crippen molar-refractivity contribution in [3.8, 4) is 11.5 Å². The minimum Gasteiger partial charge on any atom is -0.416 e. The van der Waals surface area contributed by atoms with E-state index in [1.807, 2.05) is 60.7 Å². The normalized spacial score (nSPS) is 10.9. The second kappa shape index (κ2) is 11.5. The third-order valence-corrected chi connectivity index (χ3v) is 10.6. The highest BCUT2D eigenvalue weighted by molar-refractivity contribution is 8.01. The molecule has 1 heterocycles. The number of aromatic nitrogens is 1. The third-order valence-electron chi connectivity index (χ3n) is 6.41. The Labute approximate surface area is 230 Å². The second-order valence-electron chi connectivity index (χ2n) is 8.71. The molecule has 0 aliphatic carbocycles. The zero-order chi connectivity index (χ0) is 24.9. The molecule has 0 saturated carbocycles. The number of hydrogen-bond acceptors (Lipinski definition) is 3. The first kappa shape index (κ1) is 25.5. The van der Waals surface area contributed by atoms with Gasteiger partial charge in [-0.1, -0.05) is 91.0 Å². The number of rotatable bonds is 7. The Kier molecular flexibility index (Phi) is 7.70. The van der Waals surface area contributed by atoms with E-state index in [1.54, 1.807) is 0 Å². The average molecular weight is 534 g/mol. The number of oxazole rings is 1. The van der Waals surface area contributed by atoms with Gasteiger partial charge in [0, 0.05) is 11.3 Å². The van der Waals surface area contributed by atoms with Crippen LogP contribution >= 0.6 is 19.7 Å². The van der Waals surface area contributed by atoms with E-state index < -0.39 is 7.26 Å². The summed E-state index contributed by atoms with van der Waals surface area (Å²) in [6.45, 7) is 0. The van der Waals surface area contributed by atoms with E-state index in [0.717, 1.165) is 16.7 Å². The molecule has 0 saturated heterocycles. The molecular formula is C33H27ClN2OP+. The van der Waals surface area contributed by atoms with E-state index >= 15 is 0 Å². The molecule has 0 fully saturated rings. The van der Waals surface area contributed by atoms with Crippen molar-refractivity contribution < 1.29 is 4.42 Å². The number of benzene rings is 5. The monoisotopic (exact) mass is 533 g/mol. The standard InChI is InChI=1S/C33H26N2OP.ClH/c1-6-16-26(17-7-1)31-35-33(32(36-31)34-27-18-8-2-9-19-27)37(28-20-10-3-11-21-28,29-22-12-4-13-23-29)30-24-14-5-15-25-30;/h1-25,34H;1H/q+1;. The maximum absolute atomic E-state index is 6.58. The first-order valence-electron chi connectivity index (χ1n) is 12.3. The summed E-state index contributed by atoms with van der Waals surface area (Å²) < 4.78 is 6.58. The fourth-order valence-electron chi connectivity index (χ4n) is 4.75. The number of anilines is 2. The van der Waals surface area contributed by atoms with Crippen LogP contribution in [0.4, 0.5) is 11.6 Å². The lowest BCUT2D eigenvalue weighted by molar-refractivity contribution is 0.592. The maximum Gasteiger partial charge on any atom is 0.263 e. The predicted molar refractivity (Wildman–Crippen MR) is 164 cm³/mol. The Bertz CT molecular complexity index is 1480. The number of nitrogens with one attached hydrogen (secondary N) is 1. The number of hydrogen-bond donors (Lipinski definition) is 1. The van der Waals surface area contributed by atoms with Crippen molar-refractivity contribution in [3.63, 3.8) is 0 Å². The maximum atomic E-state index is 6.58. The zero-order valence-electron chi connectivity index (χ0n) is 20.6. The molecule has 186 valence electrons. The molecule has 0 aliphatic heterocycles. The van der Waals surface area contributed by atoms with Crippen LogP contribution < -0.4 is 26.7 Å². The van der Waals surface area contributed by atoms with Gasteiger partial charge >= 0.3 is 0 Å². The van der Waals surface area contributed by atoms with E-state index in [0.29, 0.717) is 11.8 Å². The van der Waals surface area contributed by atoms with E-state index in [1.165, 1.54) is 15.9 Å². The van der Waals surface area contributed by atoms with Gasteiger partial charge in [0.25, 0.3) is 11.3 Å². The topological polar surface area (TPSA) is 38.1 Å². The summed E-state index contributed by atoms with van der Waals surface area (Å²) in [5.41, 5.74) is 2.81. The summed E-state index contributed by atoms with van der Waals surface area (Å²) in [6, 6.07) is 52.4. The Hall–Kier alpha value is -4.17. The molecule has 3 nitrogen and oxygen atoms in total. The number of para-hydroxylation sites is 1. The fourth-order valence-corrected chi connectivity index (χ4v) is 8.88. The number of nitrogens with zero attached hydrogens (tertiary/aromatic N) is 1. The Morgan fingerprint density at radius 3 is 1.34 bits per heavy atom. The number of halogens is 1. The lowest BCUT2D eigenvalue weighted by Gasteiger charge is -2.25. The van der Waals surface area contributed by atoms with Crippen molar-refractivity contribution in [1.29, 1.82) is 0 Å². The lowest BCUT2D eigenvalue weighted by Crippen LogP contribution is -2.40.